The second-order valence-electron chi connectivity index (χ2n) is 6.71. The highest BCUT2D eigenvalue weighted by Crippen LogP contribution is 2.66. The molecule has 3 nitrogen and oxygen atoms in total. The normalized spacial score (nSPS) is 40.6. The highest BCUT2D eigenvalue weighted by molar-refractivity contribution is 5.80. The van der Waals surface area contributed by atoms with Crippen molar-refractivity contribution in [1.29, 1.82) is 0 Å². The molecule has 0 radical (unpaired) electrons. The Kier molecular flexibility index (Phi) is 2.60. The fourth-order valence-corrected chi connectivity index (χ4v) is 4.47. The van der Waals surface area contributed by atoms with Crippen LogP contribution in [-0.4, -0.2) is 13.1 Å². The average Bonchev–Trinajstić information content (AvgIpc) is 2.91. The molecule has 19 heavy (non-hydrogen) atoms. The van der Waals surface area contributed by atoms with E-state index < -0.39 is 0 Å². The summed E-state index contributed by atoms with van der Waals surface area (Å²) in [5, 5.41) is 0. The summed E-state index contributed by atoms with van der Waals surface area (Å²) in [4.78, 5) is 12.4. The van der Waals surface area contributed by atoms with Crippen LogP contribution in [0.25, 0.3) is 0 Å². The minimum absolute atomic E-state index is 0.0314. The standard InChI is InChI=1S/C16H22O3/c1-10-5-7-15(2)13(14(17)18-4)11-6-8-19-12(11)9-16(10,15)3/h6,8,10,13H,5,7,9H2,1-4H3/t10-,13+,15+,16+/m1/s1. The Morgan fingerprint density at radius 2 is 2.16 bits per heavy atom. The molecule has 1 saturated carbocycles. The fraction of sp³-hybridized carbons (Fsp3) is 0.688. The second-order valence-corrected chi connectivity index (χ2v) is 6.71. The quantitative estimate of drug-likeness (QED) is 0.727. The maximum Gasteiger partial charge on any atom is 0.313 e. The number of hydrogen-bond donors (Lipinski definition) is 0. The molecule has 0 unspecified atom stereocenters. The molecule has 3 heteroatoms. The number of fused-ring (bicyclic) bond motifs is 2. The molecule has 0 aromatic carbocycles. The molecule has 0 saturated heterocycles. The van der Waals surface area contributed by atoms with Crippen LogP contribution in [0.2, 0.25) is 0 Å². The van der Waals surface area contributed by atoms with E-state index in [-0.39, 0.29) is 22.7 Å². The van der Waals surface area contributed by atoms with Gasteiger partial charge in [0.15, 0.2) is 0 Å². The number of carbonyl (C=O) groups excluding carboxylic acids is 1. The van der Waals surface area contributed by atoms with Gasteiger partial charge in [-0.25, -0.2) is 0 Å². The maximum atomic E-state index is 12.4. The Morgan fingerprint density at radius 1 is 1.42 bits per heavy atom. The summed E-state index contributed by atoms with van der Waals surface area (Å²) < 4.78 is 10.7. The van der Waals surface area contributed by atoms with Crippen molar-refractivity contribution in [2.24, 2.45) is 16.7 Å². The third-order valence-corrected chi connectivity index (χ3v) is 6.18. The Hall–Kier alpha value is -1.25. The first kappa shape index (κ1) is 12.8. The number of ether oxygens (including phenoxy) is 1. The Balaban J connectivity index is 2.18. The van der Waals surface area contributed by atoms with Gasteiger partial charge in [0.1, 0.15) is 5.76 Å². The van der Waals surface area contributed by atoms with Crippen LogP contribution in [-0.2, 0) is 16.0 Å². The van der Waals surface area contributed by atoms with E-state index in [2.05, 4.69) is 20.8 Å². The lowest BCUT2D eigenvalue weighted by molar-refractivity contribution is -0.149. The van der Waals surface area contributed by atoms with Gasteiger partial charge < -0.3 is 9.15 Å². The predicted molar refractivity (Wildman–Crippen MR) is 71.8 cm³/mol. The van der Waals surface area contributed by atoms with E-state index in [1.807, 2.05) is 6.07 Å². The van der Waals surface area contributed by atoms with Gasteiger partial charge in [-0.15, -0.1) is 0 Å². The van der Waals surface area contributed by atoms with Crippen molar-refractivity contribution in [3.63, 3.8) is 0 Å². The molecular formula is C16H22O3. The van der Waals surface area contributed by atoms with Gasteiger partial charge in [0.25, 0.3) is 0 Å². The van der Waals surface area contributed by atoms with Crippen molar-refractivity contribution in [2.45, 2.75) is 46.0 Å². The Bertz CT molecular complexity index is 518. The van der Waals surface area contributed by atoms with Crippen LogP contribution in [0.1, 0.15) is 50.9 Å². The first-order valence-electron chi connectivity index (χ1n) is 7.08. The SMILES string of the molecule is COC(=O)[C@@H]1c2ccoc2C[C@@]2(C)[C@H](C)CC[C@@]12C. The molecule has 0 amide bonds. The Labute approximate surface area is 114 Å². The smallest absolute Gasteiger partial charge is 0.313 e. The van der Waals surface area contributed by atoms with Crippen LogP contribution in [0, 0.1) is 16.7 Å². The molecule has 1 aromatic heterocycles. The molecule has 4 atom stereocenters. The summed E-state index contributed by atoms with van der Waals surface area (Å²) in [6.07, 6.45) is 4.89. The van der Waals surface area contributed by atoms with E-state index in [4.69, 9.17) is 9.15 Å². The van der Waals surface area contributed by atoms with Crippen molar-refractivity contribution < 1.29 is 13.9 Å². The molecule has 1 heterocycles. The highest BCUT2D eigenvalue weighted by atomic mass is 16.5. The molecule has 104 valence electrons. The number of carbonyl (C=O) groups is 1. The lowest BCUT2D eigenvalue weighted by atomic mass is 9.53. The molecule has 2 aliphatic carbocycles. The van der Waals surface area contributed by atoms with Crippen molar-refractivity contribution >= 4 is 5.97 Å². The minimum atomic E-state index is -0.185. The van der Waals surface area contributed by atoms with E-state index in [1.165, 1.54) is 13.5 Å². The van der Waals surface area contributed by atoms with E-state index in [0.717, 1.165) is 24.2 Å². The first-order valence-corrected chi connectivity index (χ1v) is 7.08. The molecule has 2 aliphatic rings. The molecule has 0 aliphatic heterocycles. The van der Waals surface area contributed by atoms with Gasteiger partial charge in [-0.2, -0.15) is 0 Å². The van der Waals surface area contributed by atoms with Gasteiger partial charge in [0, 0.05) is 12.0 Å². The number of methoxy groups -OCH3 is 1. The van der Waals surface area contributed by atoms with Crippen LogP contribution >= 0.6 is 0 Å². The maximum absolute atomic E-state index is 12.4. The van der Waals surface area contributed by atoms with Crippen LogP contribution in [0.3, 0.4) is 0 Å². The average molecular weight is 262 g/mol. The molecule has 1 fully saturated rings. The zero-order valence-corrected chi connectivity index (χ0v) is 12.2. The van der Waals surface area contributed by atoms with Gasteiger partial charge in [-0.1, -0.05) is 20.8 Å². The monoisotopic (exact) mass is 262 g/mol. The summed E-state index contributed by atoms with van der Waals surface area (Å²) in [6.45, 7) is 6.87. The lowest BCUT2D eigenvalue weighted by Crippen LogP contribution is -2.48. The number of esters is 1. The van der Waals surface area contributed by atoms with Crippen molar-refractivity contribution in [1.82, 2.24) is 0 Å². The number of rotatable bonds is 1. The van der Waals surface area contributed by atoms with Crippen molar-refractivity contribution in [3.8, 4) is 0 Å². The molecule has 0 spiro atoms. The van der Waals surface area contributed by atoms with Crippen molar-refractivity contribution in [2.75, 3.05) is 7.11 Å². The third kappa shape index (κ3) is 1.41. The minimum Gasteiger partial charge on any atom is -0.469 e. The molecule has 0 bridgehead atoms. The van der Waals surface area contributed by atoms with Gasteiger partial charge >= 0.3 is 5.97 Å². The summed E-state index contributed by atoms with van der Waals surface area (Å²) in [7, 11) is 1.48. The predicted octanol–water partition coefficient (Wildman–Crippen LogP) is 3.53. The molecule has 3 rings (SSSR count). The summed E-state index contributed by atoms with van der Waals surface area (Å²) >= 11 is 0. The largest absolute Gasteiger partial charge is 0.469 e. The third-order valence-electron chi connectivity index (χ3n) is 6.18. The highest BCUT2D eigenvalue weighted by Gasteiger charge is 2.62. The Morgan fingerprint density at radius 3 is 2.84 bits per heavy atom. The summed E-state index contributed by atoms with van der Waals surface area (Å²) in [5.41, 5.74) is 1.12. The number of hydrogen-bond acceptors (Lipinski definition) is 3. The van der Waals surface area contributed by atoms with Crippen LogP contribution < -0.4 is 0 Å². The molecule has 0 N–H and O–H groups in total. The molecule has 1 aromatic rings. The lowest BCUT2D eigenvalue weighted by Gasteiger charge is -2.50. The number of furan rings is 1. The van der Waals surface area contributed by atoms with Crippen LogP contribution in [0.15, 0.2) is 16.7 Å². The topological polar surface area (TPSA) is 39.4 Å². The van der Waals surface area contributed by atoms with Crippen molar-refractivity contribution in [3.05, 3.63) is 23.7 Å². The summed E-state index contributed by atoms with van der Waals surface area (Å²) in [5.74, 6) is 1.27. The summed E-state index contributed by atoms with van der Waals surface area (Å²) in [6, 6.07) is 1.95. The first-order chi connectivity index (χ1) is 8.94. The van der Waals surface area contributed by atoms with Crippen LogP contribution in [0.5, 0.6) is 0 Å². The van der Waals surface area contributed by atoms with Gasteiger partial charge in [0.05, 0.1) is 19.3 Å². The fourth-order valence-electron chi connectivity index (χ4n) is 4.47. The zero-order valence-electron chi connectivity index (χ0n) is 12.2. The van der Waals surface area contributed by atoms with E-state index in [0.29, 0.717) is 5.92 Å². The van der Waals surface area contributed by atoms with E-state index >= 15 is 0 Å². The second kappa shape index (κ2) is 3.87. The van der Waals surface area contributed by atoms with Gasteiger partial charge in [-0.3, -0.25) is 4.79 Å². The van der Waals surface area contributed by atoms with Gasteiger partial charge in [-0.05, 0) is 35.7 Å². The molecular weight excluding hydrogens is 240 g/mol. The van der Waals surface area contributed by atoms with E-state index in [9.17, 15) is 4.79 Å². The van der Waals surface area contributed by atoms with Crippen LogP contribution in [0.4, 0.5) is 0 Å². The zero-order chi connectivity index (χ0) is 13.8. The van der Waals surface area contributed by atoms with Gasteiger partial charge in [0.2, 0.25) is 0 Å². The van der Waals surface area contributed by atoms with E-state index in [1.54, 1.807) is 6.26 Å².